The van der Waals surface area contributed by atoms with Gasteiger partial charge in [0, 0.05) is 24.7 Å². The van der Waals surface area contributed by atoms with Crippen molar-refractivity contribution >= 4 is 5.91 Å². The van der Waals surface area contributed by atoms with E-state index >= 15 is 0 Å². The van der Waals surface area contributed by atoms with Gasteiger partial charge in [-0.2, -0.15) is 0 Å². The first-order chi connectivity index (χ1) is 11.0. The van der Waals surface area contributed by atoms with Crippen LogP contribution in [-0.4, -0.2) is 43.0 Å². The summed E-state index contributed by atoms with van der Waals surface area (Å²) in [6, 6.07) is 11.4. The lowest BCUT2D eigenvalue weighted by molar-refractivity contribution is -0.122. The number of nitrogens with zero attached hydrogens (tertiary/aromatic N) is 1. The van der Waals surface area contributed by atoms with E-state index in [1.54, 1.807) is 0 Å². The summed E-state index contributed by atoms with van der Waals surface area (Å²) in [5.74, 6) is 0.577. The Kier molecular flexibility index (Phi) is 6.57. The van der Waals surface area contributed by atoms with Gasteiger partial charge in [-0.3, -0.25) is 15.1 Å². The molecule has 128 valence electrons. The Hall–Kier alpha value is -1.43. The molecule has 1 heterocycles. The molecule has 3 atom stereocenters. The standard InChI is InChI=1S/C18H30N4O/c1-13(2)11-19-18(23)12-22(4)14(3)16-10-17(21-20-16)15-8-6-5-7-9-15/h5-9,13-14,16-17,20-21H,10-12H2,1-4H3,(H,19,23). The van der Waals surface area contributed by atoms with E-state index in [0.29, 0.717) is 24.5 Å². The zero-order valence-corrected chi connectivity index (χ0v) is 14.7. The molecular formula is C18H30N4O. The smallest absolute Gasteiger partial charge is 0.234 e. The van der Waals surface area contributed by atoms with E-state index in [1.807, 2.05) is 13.1 Å². The Bertz CT molecular complexity index is 491. The summed E-state index contributed by atoms with van der Waals surface area (Å²) in [4.78, 5) is 14.1. The number of carbonyl (C=O) groups excluding carboxylic acids is 1. The first-order valence-corrected chi connectivity index (χ1v) is 8.50. The fraction of sp³-hybridized carbons (Fsp3) is 0.611. The summed E-state index contributed by atoms with van der Waals surface area (Å²) in [5, 5.41) is 2.98. The summed E-state index contributed by atoms with van der Waals surface area (Å²) >= 11 is 0. The minimum Gasteiger partial charge on any atom is -0.355 e. The highest BCUT2D eigenvalue weighted by molar-refractivity contribution is 5.78. The molecule has 1 amide bonds. The number of hydrogen-bond donors (Lipinski definition) is 3. The van der Waals surface area contributed by atoms with Gasteiger partial charge in [-0.1, -0.05) is 44.2 Å². The normalized spacial score (nSPS) is 22.5. The van der Waals surface area contributed by atoms with Crippen LogP contribution in [0.4, 0.5) is 0 Å². The molecule has 0 aliphatic carbocycles. The molecule has 0 radical (unpaired) electrons. The second kappa shape index (κ2) is 8.43. The van der Waals surface area contributed by atoms with Gasteiger partial charge in [0.05, 0.1) is 6.54 Å². The van der Waals surface area contributed by atoms with Crippen molar-refractivity contribution in [2.24, 2.45) is 5.92 Å². The monoisotopic (exact) mass is 318 g/mol. The molecule has 2 rings (SSSR count). The average Bonchev–Trinajstić information content (AvgIpc) is 3.03. The Morgan fingerprint density at radius 3 is 2.61 bits per heavy atom. The number of hydrogen-bond acceptors (Lipinski definition) is 4. The SMILES string of the molecule is CC(C)CNC(=O)CN(C)C(C)C1CC(c2ccccc2)NN1. The van der Waals surface area contributed by atoms with E-state index in [9.17, 15) is 4.79 Å². The highest BCUT2D eigenvalue weighted by atomic mass is 16.2. The molecule has 0 spiro atoms. The third kappa shape index (κ3) is 5.30. The molecule has 3 N–H and O–H groups in total. The quantitative estimate of drug-likeness (QED) is 0.716. The molecule has 1 aliphatic rings. The van der Waals surface area contributed by atoms with Crippen molar-refractivity contribution in [2.45, 2.75) is 45.3 Å². The van der Waals surface area contributed by atoms with Gasteiger partial charge in [-0.15, -0.1) is 0 Å². The Balaban J connectivity index is 1.81. The molecule has 5 heteroatoms. The Labute approximate surface area is 139 Å². The van der Waals surface area contributed by atoms with E-state index in [-0.39, 0.29) is 11.9 Å². The highest BCUT2D eigenvalue weighted by Crippen LogP contribution is 2.24. The summed E-state index contributed by atoms with van der Waals surface area (Å²) in [7, 11) is 2.01. The predicted octanol–water partition coefficient (Wildman–Crippen LogP) is 1.69. The van der Waals surface area contributed by atoms with E-state index in [2.05, 4.69) is 66.1 Å². The zero-order chi connectivity index (χ0) is 16.8. The van der Waals surface area contributed by atoms with Crippen molar-refractivity contribution in [2.75, 3.05) is 20.1 Å². The van der Waals surface area contributed by atoms with Crippen LogP contribution < -0.4 is 16.2 Å². The first kappa shape index (κ1) is 17.9. The third-order valence-electron chi connectivity index (χ3n) is 4.51. The van der Waals surface area contributed by atoms with Crippen molar-refractivity contribution in [1.29, 1.82) is 0 Å². The Morgan fingerprint density at radius 2 is 1.96 bits per heavy atom. The van der Waals surface area contributed by atoms with Crippen LogP contribution in [-0.2, 0) is 4.79 Å². The van der Waals surface area contributed by atoms with Gasteiger partial charge in [0.1, 0.15) is 0 Å². The van der Waals surface area contributed by atoms with Crippen LogP contribution in [0.15, 0.2) is 30.3 Å². The van der Waals surface area contributed by atoms with Crippen LogP contribution >= 0.6 is 0 Å². The van der Waals surface area contributed by atoms with E-state index in [4.69, 9.17) is 0 Å². The number of rotatable bonds is 7. The molecule has 23 heavy (non-hydrogen) atoms. The fourth-order valence-electron chi connectivity index (χ4n) is 2.85. The molecule has 3 unspecified atom stereocenters. The van der Waals surface area contributed by atoms with E-state index < -0.39 is 0 Å². The third-order valence-corrected chi connectivity index (χ3v) is 4.51. The number of likely N-dealkylation sites (N-methyl/N-ethyl adjacent to an activating group) is 1. The maximum Gasteiger partial charge on any atom is 0.234 e. The van der Waals surface area contributed by atoms with Crippen LogP contribution in [0.2, 0.25) is 0 Å². The lowest BCUT2D eigenvalue weighted by Crippen LogP contribution is -2.49. The van der Waals surface area contributed by atoms with Crippen LogP contribution in [0.3, 0.4) is 0 Å². The Morgan fingerprint density at radius 1 is 1.26 bits per heavy atom. The second-order valence-electron chi connectivity index (χ2n) is 6.95. The van der Waals surface area contributed by atoms with Crippen LogP contribution in [0.1, 0.15) is 38.8 Å². The van der Waals surface area contributed by atoms with Crippen LogP contribution in [0, 0.1) is 5.92 Å². The van der Waals surface area contributed by atoms with E-state index in [0.717, 1.165) is 13.0 Å². The maximum atomic E-state index is 12.0. The van der Waals surface area contributed by atoms with Gasteiger partial charge in [0.15, 0.2) is 0 Å². The molecule has 1 saturated heterocycles. The summed E-state index contributed by atoms with van der Waals surface area (Å²) < 4.78 is 0. The highest BCUT2D eigenvalue weighted by Gasteiger charge is 2.31. The lowest BCUT2D eigenvalue weighted by Gasteiger charge is -2.28. The van der Waals surface area contributed by atoms with Crippen LogP contribution in [0.25, 0.3) is 0 Å². The molecule has 0 aromatic heterocycles. The molecule has 1 aromatic rings. The minimum atomic E-state index is 0.0959. The number of benzene rings is 1. The summed E-state index contributed by atoms with van der Waals surface area (Å²) in [6.45, 7) is 7.54. The molecule has 0 saturated carbocycles. The van der Waals surface area contributed by atoms with Crippen molar-refractivity contribution in [3.63, 3.8) is 0 Å². The number of hydrazine groups is 1. The summed E-state index contributed by atoms with van der Waals surface area (Å²) in [5.41, 5.74) is 8.06. The lowest BCUT2D eigenvalue weighted by atomic mass is 9.98. The minimum absolute atomic E-state index is 0.0959. The second-order valence-corrected chi connectivity index (χ2v) is 6.95. The number of carbonyl (C=O) groups is 1. The molecule has 5 nitrogen and oxygen atoms in total. The molecule has 0 bridgehead atoms. The van der Waals surface area contributed by atoms with E-state index in [1.165, 1.54) is 5.56 Å². The molecular weight excluding hydrogens is 288 g/mol. The first-order valence-electron chi connectivity index (χ1n) is 8.50. The van der Waals surface area contributed by atoms with Gasteiger partial charge in [-0.25, -0.2) is 5.43 Å². The van der Waals surface area contributed by atoms with Crippen molar-refractivity contribution < 1.29 is 4.79 Å². The zero-order valence-electron chi connectivity index (χ0n) is 14.7. The fourth-order valence-corrected chi connectivity index (χ4v) is 2.85. The van der Waals surface area contributed by atoms with Crippen molar-refractivity contribution in [3.05, 3.63) is 35.9 Å². The molecule has 1 aliphatic heterocycles. The number of nitrogens with one attached hydrogen (secondary N) is 3. The molecule has 1 fully saturated rings. The average molecular weight is 318 g/mol. The largest absolute Gasteiger partial charge is 0.355 e. The van der Waals surface area contributed by atoms with Gasteiger partial charge < -0.3 is 5.32 Å². The predicted molar refractivity (Wildman–Crippen MR) is 93.8 cm³/mol. The van der Waals surface area contributed by atoms with Crippen molar-refractivity contribution in [1.82, 2.24) is 21.1 Å². The summed E-state index contributed by atoms with van der Waals surface area (Å²) in [6.07, 6.45) is 1.02. The maximum absolute atomic E-state index is 12.0. The van der Waals surface area contributed by atoms with Gasteiger partial charge >= 0.3 is 0 Å². The topological polar surface area (TPSA) is 56.4 Å². The van der Waals surface area contributed by atoms with Gasteiger partial charge in [0.25, 0.3) is 0 Å². The number of amides is 1. The van der Waals surface area contributed by atoms with Crippen molar-refractivity contribution in [3.8, 4) is 0 Å². The molecule has 1 aromatic carbocycles. The van der Waals surface area contributed by atoms with Crippen LogP contribution in [0.5, 0.6) is 0 Å². The van der Waals surface area contributed by atoms with Gasteiger partial charge in [-0.05, 0) is 31.9 Å². The van der Waals surface area contributed by atoms with Gasteiger partial charge in [0.2, 0.25) is 5.91 Å².